The molecule has 2 aliphatic heterocycles. The highest BCUT2D eigenvalue weighted by Gasteiger charge is 2.29. The van der Waals surface area contributed by atoms with Crippen LogP contribution in [0.2, 0.25) is 0 Å². The van der Waals surface area contributed by atoms with Crippen LogP contribution < -0.4 is 0 Å². The van der Waals surface area contributed by atoms with Crippen molar-refractivity contribution in [2.45, 2.75) is 99.8 Å². The van der Waals surface area contributed by atoms with Gasteiger partial charge in [-0.2, -0.15) is 4.31 Å². The summed E-state index contributed by atoms with van der Waals surface area (Å²) in [5.74, 6) is 0. The zero-order valence-corrected chi connectivity index (χ0v) is 30.0. The minimum atomic E-state index is -3.28. The summed E-state index contributed by atoms with van der Waals surface area (Å²) in [6.45, 7) is 30.9. The predicted octanol–water partition coefficient (Wildman–Crippen LogP) is 5.98. The van der Waals surface area contributed by atoms with Crippen LogP contribution in [0.3, 0.4) is 0 Å². The number of aryl methyl sites for hydroxylation is 3. The van der Waals surface area contributed by atoms with Crippen molar-refractivity contribution < 1.29 is 17.9 Å². The molecule has 8 nitrogen and oxygen atoms in total. The Morgan fingerprint density at radius 2 is 1.26 bits per heavy atom. The first-order chi connectivity index (χ1) is 20.1. The lowest BCUT2D eigenvalue weighted by atomic mass is 10.1. The van der Waals surface area contributed by atoms with Crippen LogP contribution in [-0.4, -0.2) is 113 Å². The molecule has 2 aliphatic rings. The monoisotopic (exact) mass is 614 g/mol. The third kappa shape index (κ3) is 16.4. The summed E-state index contributed by atoms with van der Waals surface area (Å²) in [5.41, 5.74) is 2.82. The highest BCUT2D eigenvalue weighted by molar-refractivity contribution is 7.89. The second-order valence-corrected chi connectivity index (χ2v) is 12.1. The van der Waals surface area contributed by atoms with E-state index in [1.54, 1.807) is 11.4 Å². The van der Waals surface area contributed by atoms with Crippen LogP contribution in [0, 0.1) is 20.8 Å². The number of sulfonamides is 1. The Morgan fingerprint density at radius 3 is 1.64 bits per heavy atom. The van der Waals surface area contributed by atoms with E-state index in [0.717, 1.165) is 75.3 Å². The van der Waals surface area contributed by atoms with Crippen molar-refractivity contribution in [3.8, 4) is 0 Å². The number of benzene rings is 1. The molecule has 0 atom stereocenters. The lowest BCUT2D eigenvalue weighted by Gasteiger charge is -2.34. The summed E-state index contributed by atoms with van der Waals surface area (Å²) in [6, 6.07) is 3.88. The fourth-order valence-corrected chi connectivity index (χ4v) is 6.90. The first kappa shape index (κ1) is 42.6. The van der Waals surface area contributed by atoms with Crippen LogP contribution in [0.5, 0.6) is 0 Å². The maximum absolute atomic E-state index is 12.5. The topological polar surface area (TPSA) is 73.4 Å². The molecule has 42 heavy (non-hydrogen) atoms. The van der Waals surface area contributed by atoms with Crippen molar-refractivity contribution in [3.05, 3.63) is 28.8 Å². The van der Waals surface area contributed by atoms with E-state index in [4.69, 9.17) is 0 Å². The van der Waals surface area contributed by atoms with Crippen LogP contribution in [0.4, 0.5) is 0 Å². The number of amides is 1. The van der Waals surface area contributed by atoms with E-state index in [0.29, 0.717) is 18.0 Å². The van der Waals surface area contributed by atoms with Gasteiger partial charge in [-0.25, -0.2) is 8.42 Å². The Balaban J connectivity index is 0. The summed E-state index contributed by atoms with van der Waals surface area (Å²) >= 11 is 0. The standard InChI is InChI=1S/C13H27N3O.C13H19NO2S.C3H8O.2C2H6/c1-3-5-14(6-4-2)7-8-15-9-11-16(13-17)12-10-15;1-10-8-11(2)13(12(3)9-10)17(15,16)14-6-4-5-7-14;1-3-4-2;2*1-2/h13H,3-12H2,1-2H3;8-9H,4-7H2,1-3H3;3H2,1-2H3;2*1-2H3. The molecule has 248 valence electrons. The molecule has 0 aliphatic carbocycles. The van der Waals surface area contributed by atoms with E-state index >= 15 is 0 Å². The molecule has 0 radical (unpaired) electrons. The molecule has 1 amide bonds. The number of carbonyl (C=O) groups excluding carboxylic acids is 1. The Bertz CT molecular complexity index is 866. The van der Waals surface area contributed by atoms with Gasteiger partial charge < -0.3 is 14.5 Å². The van der Waals surface area contributed by atoms with E-state index in [-0.39, 0.29) is 0 Å². The van der Waals surface area contributed by atoms with Crippen molar-refractivity contribution in [1.29, 1.82) is 0 Å². The molecule has 9 heteroatoms. The molecule has 1 aromatic rings. The normalized spacial score (nSPS) is 15.3. The molecule has 2 saturated heterocycles. The van der Waals surface area contributed by atoms with Crippen molar-refractivity contribution in [1.82, 2.24) is 19.0 Å². The minimum absolute atomic E-state index is 0.505. The van der Waals surface area contributed by atoms with E-state index in [9.17, 15) is 13.2 Å². The Hall–Kier alpha value is -1.52. The van der Waals surface area contributed by atoms with Crippen LogP contribution in [-0.2, 0) is 19.6 Å². The molecule has 0 unspecified atom stereocenters. The maximum Gasteiger partial charge on any atom is 0.243 e. The Kier molecular flexibility index (Phi) is 26.3. The van der Waals surface area contributed by atoms with E-state index in [1.807, 2.05) is 72.4 Å². The van der Waals surface area contributed by atoms with Crippen LogP contribution >= 0.6 is 0 Å². The zero-order valence-electron chi connectivity index (χ0n) is 29.2. The number of methoxy groups -OCH3 is 1. The molecular weight excluding hydrogens is 548 g/mol. The number of carbonyl (C=O) groups is 1. The fraction of sp³-hybridized carbons (Fsp3) is 0.788. The molecule has 0 aromatic heterocycles. The summed E-state index contributed by atoms with van der Waals surface area (Å²) in [5, 5.41) is 0. The minimum Gasteiger partial charge on any atom is -0.385 e. The van der Waals surface area contributed by atoms with Gasteiger partial charge in [-0.3, -0.25) is 9.69 Å². The number of piperazine rings is 1. The molecular formula is C33H66N4O4S. The van der Waals surface area contributed by atoms with Crippen molar-refractivity contribution in [3.63, 3.8) is 0 Å². The van der Waals surface area contributed by atoms with Gasteiger partial charge in [0.25, 0.3) is 0 Å². The first-order valence-electron chi connectivity index (χ1n) is 16.3. The van der Waals surface area contributed by atoms with Gasteiger partial charge in [0.1, 0.15) is 0 Å². The molecule has 3 rings (SSSR count). The van der Waals surface area contributed by atoms with Gasteiger partial charge in [0, 0.05) is 66.1 Å². The summed E-state index contributed by atoms with van der Waals surface area (Å²) < 4.78 is 31.2. The molecule has 0 bridgehead atoms. The van der Waals surface area contributed by atoms with Gasteiger partial charge in [-0.05, 0) is 77.6 Å². The fourth-order valence-electron chi connectivity index (χ4n) is 4.97. The van der Waals surface area contributed by atoms with Gasteiger partial charge in [0.05, 0.1) is 4.90 Å². The van der Waals surface area contributed by atoms with E-state index in [1.165, 1.54) is 32.5 Å². The third-order valence-electron chi connectivity index (χ3n) is 6.92. The number of hydrogen-bond donors (Lipinski definition) is 0. The van der Waals surface area contributed by atoms with E-state index in [2.05, 4.69) is 28.4 Å². The summed E-state index contributed by atoms with van der Waals surface area (Å²) in [6.07, 6.45) is 5.39. The van der Waals surface area contributed by atoms with Gasteiger partial charge in [0.2, 0.25) is 16.4 Å². The summed E-state index contributed by atoms with van der Waals surface area (Å²) in [7, 11) is -1.60. The number of nitrogens with zero attached hydrogens (tertiary/aromatic N) is 4. The quantitative estimate of drug-likeness (QED) is 0.286. The first-order valence-corrected chi connectivity index (χ1v) is 17.8. The number of ether oxygens (including phenoxy) is 1. The van der Waals surface area contributed by atoms with Gasteiger partial charge in [0.15, 0.2) is 0 Å². The third-order valence-corrected chi connectivity index (χ3v) is 9.13. The van der Waals surface area contributed by atoms with Gasteiger partial charge in [-0.1, -0.05) is 59.2 Å². The van der Waals surface area contributed by atoms with Crippen LogP contribution in [0.15, 0.2) is 17.0 Å². The predicted molar refractivity (Wildman–Crippen MR) is 180 cm³/mol. The largest absolute Gasteiger partial charge is 0.385 e. The second-order valence-electron chi connectivity index (χ2n) is 10.2. The van der Waals surface area contributed by atoms with Gasteiger partial charge in [-0.15, -0.1) is 0 Å². The zero-order chi connectivity index (χ0) is 32.6. The number of rotatable bonds is 11. The lowest BCUT2D eigenvalue weighted by molar-refractivity contribution is -0.119. The molecule has 0 N–H and O–H groups in total. The van der Waals surface area contributed by atoms with Crippen molar-refractivity contribution >= 4 is 16.4 Å². The van der Waals surface area contributed by atoms with Crippen LogP contribution in [0.1, 0.15) is 90.8 Å². The van der Waals surface area contributed by atoms with Crippen LogP contribution in [0.25, 0.3) is 0 Å². The second kappa shape index (κ2) is 25.9. The van der Waals surface area contributed by atoms with Crippen molar-refractivity contribution in [2.75, 3.05) is 79.2 Å². The Morgan fingerprint density at radius 1 is 0.810 bits per heavy atom. The highest BCUT2D eigenvalue weighted by atomic mass is 32.2. The molecule has 0 spiro atoms. The molecule has 2 heterocycles. The van der Waals surface area contributed by atoms with Crippen molar-refractivity contribution in [2.24, 2.45) is 0 Å². The summed E-state index contributed by atoms with van der Waals surface area (Å²) in [4.78, 5) is 18.0. The molecule has 1 aromatic carbocycles. The van der Waals surface area contributed by atoms with Gasteiger partial charge >= 0.3 is 0 Å². The SMILES string of the molecule is CC.CC.CCCN(CCC)CCN1CCN(C=O)CC1.CCOC.Cc1cc(C)c(S(=O)(=O)N2CCCC2)c(C)c1. The number of hydrogen-bond acceptors (Lipinski definition) is 6. The molecule has 0 saturated carbocycles. The molecule has 2 fully saturated rings. The highest BCUT2D eigenvalue weighted by Crippen LogP contribution is 2.27. The van der Waals surface area contributed by atoms with E-state index < -0.39 is 10.0 Å². The average Bonchev–Trinajstić information content (AvgIpc) is 3.55. The smallest absolute Gasteiger partial charge is 0.243 e. The maximum atomic E-state index is 12.5. The average molecular weight is 615 g/mol. The lowest BCUT2D eigenvalue weighted by Crippen LogP contribution is -2.48. The Labute approximate surface area is 260 Å².